The fourth-order valence-corrected chi connectivity index (χ4v) is 3.00. The molecular formula is C30H14Cl2N2. The average molecular weight is 473 g/mol. The van der Waals surface area contributed by atoms with Crippen molar-refractivity contribution in [2.45, 2.75) is 0 Å². The van der Waals surface area contributed by atoms with Crippen molar-refractivity contribution >= 4 is 23.2 Å². The molecular weight excluding hydrogens is 459 g/mol. The van der Waals surface area contributed by atoms with Crippen LogP contribution in [0.2, 0.25) is 10.3 Å². The second kappa shape index (κ2) is 11.4. The topological polar surface area (TPSA) is 25.8 Å². The molecule has 0 saturated heterocycles. The standard InChI is InChI=1S/C30H14Cl2N2/c31-29-19-15-23(21-33-29)13-17-27-11-5-3-9-25(27)7-1-2-8-26-10-4-6-12-28(26)18-14-24-16-20-30(32)34-22-24/h3-6,9-12,15-16,19-22H. The highest BCUT2D eigenvalue weighted by Crippen LogP contribution is 2.09. The third kappa shape index (κ3) is 6.53. The monoisotopic (exact) mass is 472 g/mol. The van der Waals surface area contributed by atoms with E-state index < -0.39 is 0 Å². The van der Waals surface area contributed by atoms with Gasteiger partial charge >= 0.3 is 0 Å². The first kappa shape index (κ1) is 22.7. The summed E-state index contributed by atoms with van der Waals surface area (Å²) in [4.78, 5) is 8.09. The van der Waals surface area contributed by atoms with Gasteiger partial charge in [0, 0.05) is 45.8 Å². The Morgan fingerprint density at radius 2 is 0.824 bits per heavy atom. The van der Waals surface area contributed by atoms with Crippen LogP contribution in [0.4, 0.5) is 0 Å². The first-order valence-electron chi connectivity index (χ1n) is 10.1. The summed E-state index contributed by atoms with van der Waals surface area (Å²) in [6, 6.07) is 22.4. The molecule has 0 fully saturated rings. The van der Waals surface area contributed by atoms with E-state index in [4.69, 9.17) is 23.2 Å². The van der Waals surface area contributed by atoms with E-state index in [1.807, 2.05) is 60.7 Å². The van der Waals surface area contributed by atoms with Crippen molar-refractivity contribution < 1.29 is 0 Å². The van der Waals surface area contributed by atoms with E-state index in [2.05, 4.69) is 57.3 Å². The van der Waals surface area contributed by atoms with E-state index in [0.29, 0.717) is 10.3 Å². The second-order valence-electron chi connectivity index (χ2n) is 6.83. The number of hydrogen-bond donors (Lipinski definition) is 0. The highest BCUT2D eigenvalue weighted by molar-refractivity contribution is 6.29. The lowest BCUT2D eigenvalue weighted by atomic mass is 10.1. The maximum atomic E-state index is 5.83. The van der Waals surface area contributed by atoms with Gasteiger partial charge in [0.05, 0.1) is 0 Å². The number of nitrogens with zero attached hydrogens (tertiary/aromatic N) is 2. The van der Waals surface area contributed by atoms with Crippen molar-refractivity contribution in [2.24, 2.45) is 0 Å². The molecule has 0 saturated carbocycles. The SMILES string of the molecule is Clc1ccc(C#Cc2ccccc2C#CC#Cc2ccccc2C#Cc2ccc(Cl)nc2)cn1. The summed E-state index contributed by atoms with van der Waals surface area (Å²) in [6.45, 7) is 0. The Labute approximate surface area is 209 Å². The van der Waals surface area contributed by atoms with Crippen LogP contribution in [0.1, 0.15) is 33.4 Å². The third-order valence-electron chi connectivity index (χ3n) is 4.45. The van der Waals surface area contributed by atoms with Crippen molar-refractivity contribution in [2.75, 3.05) is 0 Å². The van der Waals surface area contributed by atoms with Crippen LogP contribution in [0, 0.1) is 47.4 Å². The Morgan fingerprint density at radius 1 is 0.441 bits per heavy atom. The van der Waals surface area contributed by atoms with Crippen LogP contribution in [0.25, 0.3) is 0 Å². The fourth-order valence-electron chi connectivity index (χ4n) is 2.78. The predicted molar refractivity (Wildman–Crippen MR) is 137 cm³/mol. The molecule has 0 bridgehead atoms. The molecule has 158 valence electrons. The van der Waals surface area contributed by atoms with Crippen molar-refractivity contribution in [3.63, 3.8) is 0 Å². The molecule has 0 N–H and O–H groups in total. The number of aromatic nitrogens is 2. The van der Waals surface area contributed by atoms with Gasteiger partial charge in [-0.3, -0.25) is 0 Å². The van der Waals surface area contributed by atoms with E-state index in [1.54, 1.807) is 24.5 Å². The van der Waals surface area contributed by atoms with Gasteiger partial charge in [-0.25, -0.2) is 9.97 Å². The van der Waals surface area contributed by atoms with E-state index >= 15 is 0 Å². The summed E-state index contributed by atoms with van der Waals surface area (Å²) in [6.07, 6.45) is 3.28. The summed E-state index contributed by atoms with van der Waals surface area (Å²) in [7, 11) is 0. The maximum Gasteiger partial charge on any atom is 0.129 e. The Morgan fingerprint density at radius 3 is 1.18 bits per heavy atom. The zero-order chi connectivity index (χ0) is 23.6. The number of hydrogen-bond acceptors (Lipinski definition) is 2. The molecule has 2 aromatic heterocycles. The van der Waals surface area contributed by atoms with E-state index in [-0.39, 0.29) is 0 Å². The Hall–Kier alpha value is -4.44. The molecule has 0 aliphatic carbocycles. The van der Waals surface area contributed by atoms with Gasteiger partial charge in [-0.15, -0.1) is 0 Å². The molecule has 0 radical (unpaired) electrons. The van der Waals surface area contributed by atoms with E-state index in [0.717, 1.165) is 33.4 Å². The zero-order valence-corrected chi connectivity index (χ0v) is 19.2. The van der Waals surface area contributed by atoms with Gasteiger partial charge in [0.2, 0.25) is 0 Å². The van der Waals surface area contributed by atoms with Crippen LogP contribution in [-0.2, 0) is 0 Å². The van der Waals surface area contributed by atoms with Gasteiger partial charge in [0.15, 0.2) is 0 Å². The lowest BCUT2D eigenvalue weighted by Gasteiger charge is -1.95. The summed E-state index contributed by atoms with van der Waals surface area (Å²) < 4.78 is 0. The van der Waals surface area contributed by atoms with Gasteiger partial charge < -0.3 is 0 Å². The minimum Gasteiger partial charge on any atom is -0.243 e. The number of halogens is 2. The average Bonchev–Trinajstić information content (AvgIpc) is 2.87. The predicted octanol–water partition coefficient (Wildman–Crippen LogP) is 5.99. The fraction of sp³-hybridized carbons (Fsp3) is 0. The molecule has 34 heavy (non-hydrogen) atoms. The van der Waals surface area contributed by atoms with Gasteiger partial charge in [-0.05, 0) is 60.4 Å². The van der Waals surface area contributed by atoms with E-state index in [9.17, 15) is 0 Å². The molecule has 0 amide bonds. The number of rotatable bonds is 0. The van der Waals surface area contributed by atoms with Crippen LogP contribution < -0.4 is 0 Å². The summed E-state index contributed by atoms with van der Waals surface area (Å²) in [5.41, 5.74) is 4.78. The van der Waals surface area contributed by atoms with Crippen molar-refractivity contribution in [1.29, 1.82) is 0 Å². The van der Waals surface area contributed by atoms with Crippen molar-refractivity contribution in [1.82, 2.24) is 9.97 Å². The molecule has 2 nitrogen and oxygen atoms in total. The largest absolute Gasteiger partial charge is 0.243 e. The highest BCUT2D eigenvalue weighted by atomic mass is 35.5. The molecule has 4 rings (SSSR count). The summed E-state index contributed by atoms with van der Waals surface area (Å²) >= 11 is 11.7. The minimum absolute atomic E-state index is 0.435. The maximum absolute atomic E-state index is 5.83. The number of benzene rings is 2. The molecule has 0 atom stereocenters. The molecule has 2 heterocycles. The molecule has 4 heteroatoms. The Kier molecular flexibility index (Phi) is 7.65. The molecule has 0 spiro atoms. The van der Waals surface area contributed by atoms with Gasteiger partial charge in [0.1, 0.15) is 10.3 Å². The smallest absolute Gasteiger partial charge is 0.129 e. The first-order chi connectivity index (χ1) is 16.7. The second-order valence-corrected chi connectivity index (χ2v) is 7.60. The molecule has 4 aromatic rings. The normalized spacial score (nSPS) is 9.12. The van der Waals surface area contributed by atoms with Crippen LogP contribution in [-0.4, -0.2) is 9.97 Å². The van der Waals surface area contributed by atoms with Crippen molar-refractivity contribution in [3.05, 3.63) is 129 Å². The summed E-state index contributed by atoms with van der Waals surface area (Å²) in [5.74, 6) is 24.5. The van der Waals surface area contributed by atoms with Gasteiger partial charge in [-0.1, -0.05) is 83.0 Å². The van der Waals surface area contributed by atoms with Gasteiger partial charge in [-0.2, -0.15) is 0 Å². The molecule has 0 unspecified atom stereocenters. The van der Waals surface area contributed by atoms with Crippen LogP contribution in [0.3, 0.4) is 0 Å². The molecule has 2 aromatic carbocycles. The molecule has 0 aliphatic heterocycles. The van der Waals surface area contributed by atoms with Crippen LogP contribution in [0.5, 0.6) is 0 Å². The highest BCUT2D eigenvalue weighted by Gasteiger charge is 1.97. The quantitative estimate of drug-likeness (QED) is 0.232. The first-order valence-corrected chi connectivity index (χ1v) is 10.9. The number of pyridine rings is 2. The van der Waals surface area contributed by atoms with Crippen LogP contribution >= 0.6 is 23.2 Å². The van der Waals surface area contributed by atoms with Crippen LogP contribution in [0.15, 0.2) is 85.2 Å². The lowest BCUT2D eigenvalue weighted by molar-refractivity contribution is 1.31. The van der Waals surface area contributed by atoms with Crippen molar-refractivity contribution in [3.8, 4) is 47.4 Å². The summed E-state index contributed by atoms with van der Waals surface area (Å²) in [5, 5.41) is 0.870. The third-order valence-corrected chi connectivity index (χ3v) is 4.90. The zero-order valence-electron chi connectivity index (χ0n) is 17.7. The lowest BCUT2D eigenvalue weighted by Crippen LogP contribution is -1.84. The Bertz CT molecular complexity index is 1450. The van der Waals surface area contributed by atoms with Gasteiger partial charge in [0.25, 0.3) is 0 Å². The van der Waals surface area contributed by atoms with E-state index in [1.165, 1.54) is 0 Å². The molecule has 0 aliphatic rings. The Balaban J connectivity index is 1.55. The minimum atomic E-state index is 0.435.